The first-order chi connectivity index (χ1) is 6.45. The highest BCUT2D eigenvalue weighted by molar-refractivity contribution is 5.28. The molecule has 1 aromatic rings. The summed E-state index contributed by atoms with van der Waals surface area (Å²) in [6, 6.07) is 5.19. The van der Waals surface area contributed by atoms with Crippen molar-refractivity contribution in [2.45, 2.75) is 18.9 Å². The molecule has 0 aliphatic heterocycles. The normalized spacial score (nSPS) is 14.1. The van der Waals surface area contributed by atoms with Gasteiger partial charge in [-0.3, -0.25) is 0 Å². The zero-order valence-corrected chi connectivity index (χ0v) is 7.87. The summed E-state index contributed by atoms with van der Waals surface area (Å²) in [5.74, 6) is -2.87. The Labute approximate surface area is 81.4 Å². The van der Waals surface area contributed by atoms with Crippen molar-refractivity contribution in [2.75, 3.05) is 6.61 Å². The predicted molar refractivity (Wildman–Crippen MR) is 50.0 cm³/mol. The fourth-order valence-electron chi connectivity index (χ4n) is 1.15. The molecule has 0 spiro atoms. The molecule has 0 unspecified atom stereocenters. The molecule has 0 aromatic heterocycles. The van der Waals surface area contributed by atoms with Crippen molar-refractivity contribution in [2.24, 2.45) is 5.73 Å². The second-order valence-electron chi connectivity index (χ2n) is 3.30. The molecule has 0 aliphatic rings. The molecule has 0 bridgehead atoms. The molecule has 0 heterocycles. The SMILES string of the molecule is CC(F)(F)c1cccc([C@H](N)CO)c1. The van der Waals surface area contributed by atoms with Gasteiger partial charge in [-0.15, -0.1) is 0 Å². The number of nitrogens with two attached hydrogens (primary N) is 1. The first kappa shape index (κ1) is 11.1. The summed E-state index contributed by atoms with van der Waals surface area (Å²) in [4.78, 5) is 0. The number of hydrogen-bond donors (Lipinski definition) is 2. The monoisotopic (exact) mass is 201 g/mol. The highest BCUT2D eigenvalue weighted by atomic mass is 19.3. The molecule has 1 rings (SSSR count). The Bertz CT molecular complexity index is 309. The Kier molecular flexibility index (Phi) is 3.18. The van der Waals surface area contributed by atoms with Crippen LogP contribution in [0.1, 0.15) is 24.1 Å². The Balaban J connectivity index is 3.01. The molecule has 14 heavy (non-hydrogen) atoms. The van der Waals surface area contributed by atoms with E-state index in [-0.39, 0.29) is 12.2 Å². The molecule has 0 saturated heterocycles. The fraction of sp³-hybridized carbons (Fsp3) is 0.400. The molecule has 0 aliphatic carbocycles. The van der Waals surface area contributed by atoms with Gasteiger partial charge in [-0.25, -0.2) is 8.78 Å². The van der Waals surface area contributed by atoms with Gasteiger partial charge in [-0.2, -0.15) is 0 Å². The van der Waals surface area contributed by atoms with E-state index in [4.69, 9.17) is 10.8 Å². The summed E-state index contributed by atoms with van der Waals surface area (Å²) >= 11 is 0. The van der Waals surface area contributed by atoms with Gasteiger partial charge < -0.3 is 10.8 Å². The van der Waals surface area contributed by atoms with E-state index in [1.165, 1.54) is 18.2 Å². The Hall–Kier alpha value is -1.00. The van der Waals surface area contributed by atoms with Gasteiger partial charge in [0.05, 0.1) is 12.6 Å². The van der Waals surface area contributed by atoms with E-state index in [0.29, 0.717) is 5.56 Å². The first-order valence-corrected chi connectivity index (χ1v) is 4.30. The minimum absolute atomic E-state index is 0.0844. The lowest BCUT2D eigenvalue weighted by molar-refractivity contribution is 0.0173. The van der Waals surface area contributed by atoms with Crippen LogP contribution in [0.4, 0.5) is 8.78 Å². The Morgan fingerprint density at radius 2 is 2.14 bits per heavy atom. The van der Waals surface area contributed by atoms with Crippen LogP contribution in [0.15, 0.2) is 24.3 Å². The van der Waals surface area contributed by atoms with E-state index < -0.39 is 12.0 Å². The molecule has 2 nitrogen and oxygen atoms in total. The molecule has 0 saturated carbocycles. The van der Waals surface area contributed by atoms with Crippen molar-refractivity contribution in [3.63, 3.8) is 0 Å². The number of aliphatic hydroxyl groups excluding tert-OH is 1. The van der Waals surface area contributed by atoms with Gasteiger partial charge in [0.1, 0.15) is 0 Å². The highest BCUT2D eigenvalue weighted by Gasteiger charge is 2.24. The molecular formula is C10H13F2NO. The maximum Gasteiger partial charge on any atom is 0.270 e. The van der Waals surface area contributed by atoms with Crippen LogP contribution in [0, 0.1) is 0 Å². The number of aliphatic hydroxyl groups is 1. The molecule has 0 fully saturated rings. The van der Waals surface area contributed by atoms with Crippen molar-refractivity contribution < 1.29 is 13.9 Å². The van der Waals surface area contributed by atoms with Gasteiger partial charge in [0.15, 0.2) is 0 Å². The van der Waals surface area contributed by atoms with E-state index >= 15 is 0 Å². The molecule has 0 radical (unpaired) electrons. The summed E-state index contributed by atoms with van der Waals surface area (Å²) in [7, 11) is 0. The lowest BCUT2D eigenvalue weighted by Crippen LogP contribution is -2.16. The van der Waals surface area contributed by atoms with Gasteiger partial charge in [-0.05, 0) is 11.6 Å². The van der Waals surface area contributed by atoms with Crippen LogP contribution in [0.5, 0.6) is 0 Å². The zero-order valence-electron chi connectivity index (χ0n) is 7.87. The smallest absolute Gasteiger partial charge is 0.270 e. The third-order valence-corrected chi connectivity index (χ3v) is 2.02. The van der Waals surface area contributed by atoms with E-state index in [1.54, 1.807) is 6.07 Å². The van der Waals surface area contributed by atoms with Crippen molar-refractivity contribution in [1.29, 1.82) is 0 Å². The molecule has 78 valence electrons. The average Bonchev–Trinajstić information content (AvgIpc) is 2.15. The van der Waals surface area contributed by atoms with Crippen LogP contribution in [0.2, 0.25) is 0 Å². The van der Waals surface area contributed by atoms with E-state index in [2.05, 4.69) is 0 Å². The van der Waals surface area contributed by atoms with Crippen LogP contribution in [0.3, 0.4) is 0 Å². The summed E-state index contributed by atoms with van der Waals surface area (Å²) in [6.07, 6.45) is 0. The standard InChI is InChI=1S/C10H13F2NO/c1-10(11,12)8-4-2-3-7(5-8)9(13)6-14/h2-5,9,14H,6,13H2,1H3/t9-/m1/s1. The minimum atomic E-state index is -2.87. The van der Waals surface area contributed by atoms with Crippen molar-refractivity contribution >= 4 is 0 Å². The third-order valence-electron chi connectivity index (χ3n) is 2.02. The molecule has 4 heteroatoms. The van der Waals surface area contributed by atoms with Crippen LogP contribution < -0.4 is 5.73 Å². The maximum atomic E-state index is 12.9. The van der Waals surface area contributed by atoms with Crippen LogP contribution in [-0.4, -0.2) is 11.7 Å². The van der Waals surface area contributed by atoms with Gasteiger partial charge in [0.2, 0.25) is 0 Å². The number of rotatable bonds is 3. The minimum Gasteiger partial charge on any atom is -0.394 e. The summed E-state index contributed by atoms with van der Waals surface area (Å²) in [5.41, 5.74) is 5.95. The van der Waals surface area contributed by atoms with Gasteiger partial charge in [0, 0.05) is 12.5 Å². The Morgan fingerprint density at radius 3 is 2.64 bits per heavy atom. The van der Waals surface area contributed by atoms with Crippen LogP contribution in [-0.2, 0) is 5.92 Å². The van der Waals surface area contributed by atoms with Gasteiger partial charge >= 0.3 is 0 Å². The van der Waals surface area contributed by atoms with Crippen LogP contribution in [0.25, 0.3) is 0 Å². The molecule has 1 aromatic carbocycles. The molecular weight excluding hydrogens is 188 g/mol. The molecule has 0 amide bonds. The summed E-state index contributed by atoms with van der Waals surface area (Å²) < 4.78 is 25.8. The Morgan fingerprint density at radius 1 is 1.50 bits per heavy atom. The third kappa shape index (κ3) is 2.49. The quantitative estimate of drug-likeness (QED) is 0.783. The first-order valence-electron chi connectivity index (χ1n) is 4.30. The zero-order chi connectivity index (χ0) is 10.8. The number of halogens is 2. The van der Waals surface area contributed by atoms with Crippen LogP contribution >= 0.6 is 0 Å². The lowest BCUT2D eigenvalue weighted by atomic mass is 10.0. The summed E-state index contributed by atoms with van der Waals surface area (Å²) in [5, 5.41) is 8.77. The highest BCUT2D eigenvalue weighted by Crippen LogP contribution is 2.28. The van der Waals surface area contributed by atoms with Crippen molar-refractivity contribution in [3.05, 3.63) is 35.4 Å². The number of hydrogen-bond acceptors (Lipinski definition) is 2. The van der Waals surface area contributed by atoms with E-state index in [1.807, 2.05) is 0 Å². The van der Waals surface area contributed by atoms with Gasteiger partial charge in [-0.1, -0.05) is 18.2 Å². The second-order valence-corrected chi connectivity index (χ2v) is 3.30. The lowest BCUT2D eigenvalue weighted by Gasteiger charge is -2.14. The largest absolute Gasteiger partial charge is 0.394 e. The average molecular weight is 201 g/mol. The molecule has 1 atom stereocenters. The van der Waals surface area contributed by atoms with Crippen molar-refractivity contribution in [1.82, 2.24) is 0 Å². The molecule has 3 N–H and O–H groups in total. The van der Waals surface area contributed by atoms with E-state index in [0.717, 1.165) is 6.92 Å². The van der Waals surface area contributed by atoms with Gasteiger partial charge in [0.25, 0.3) is 5.92 Å². The second kappa shape index (κ2) is 4.02. The summed E-state index contributed by atoms with van der Waals surface area (Å²) in [6.45, 7) is 0.579. The predicted octanol–water partition coefficient (Wildman–Crippen LogP) is 1.79. The van der Waals surface area contributed by atoms with Crippen molar-refractivity contribution in [3.8, 4) is 0 Å². The number of alkyl halides is 2. The maximum absolute atomic E-state index is 12.9. The number of benzene rings is 1. The topological polar surface area (TPSA) is 46.2 Å². The fourth-order valence-corrected chi connectivity index (χ4v) is 1.15. The van der Waals surface area contributed by atoms with E-state index in [9.17, 15) is 8.78 Å².